The molecule has 1 aliphatic heterocycles. The number of nitrogens with one attached hydrogen (secondary N) is 1. The molecular weight excluding hydrogens is 256 g/mol. The van der Waals surface area contributed by atoms with Crippen LogP contribution in [0.4, 0.5) is 0 Å². The van der Waals surface area contributed by atoms with Crippen molar-refractivity contribution >= 4 is 18.5 Å². The van der Waals surface area contributed by atoms with Crippen molar-refractivity contribution < 1.29 is 4.79 Å². The molecule has 0 aliphatic carbocycles. The number of carbonyl (C=O) groups excluding carboxylic acids is 1. The second-order valence-electron chi connectivity index (χ2n) is 5.00. The van der Waals surface area contributed by atoms with E-state index in [1.54, 1.807) is 0 Å². The Morgan fingerprint density at radius 1 is 1.32 bits per heavy atom. The van der Waals surface area contributed by atoms with Crippen LogP contribution in [0.3, 0.4) is 0 Å². The van der Waals surface area contributed by atoms with E-state index >= 15 is 0 Å². The molecule has 0 bridgehead atoms. The Morgan fingerprint density at radius 3 is 2.53 bits per heavy atom. The highest BCUT2D eigenvalue weighted by atomic mass is 32.1. The van der Waals surface area contributed by atoms with Gasteiger partial charge in [0.05, 0.1) is 6.42 Å². The minimum atomic E-state index is 0.237. The van der Waals surface area contributed by atoms with Gasteiger partial charge in [0, 0.05) is 17.5 Å². The fourth-order valence-electron chi connectivity index (χ4n) is 2.65. The number of nitrogens with zero attached hydrogens (tertiary/aromatic N) is 1. The Morgan fingerprint density at radius 2 is 1.95 bits per heavy atom. The highest BCUT2D eigenvalue weighted by molar-refractivity contribution is 7.80. The van der Waals surface area contributed by atoms with Gasteiger partial charge < -0.3 is 10.2 Å². The molecule has 1 saturated heterocycles. The van der Waals surface area contributed by atoms with Gasteiger partial charge in [0.15, 0.2) is 0 Å². The van der Waals surface area contributed by atoms with Crippen molar-refractivity contribution in [3.63, 3.8) is 0 Å². The third-order valence-corrected chi connectivity index (χ3v) is 4.00. The molecule has 0 saturated carbocycles. The molecule has 19 heavy (non-hydrogen) atoms. The monoisotopic (exact) mass is 278 g/mol. The maximum atomic E-state index is 12.4. The summed E-state index contributed by atoms with van der Waals surface area (Å²) in [6.45, 7) is 4.90. The lowest BCUT2D eigenvalue weighted by Gasteiger charge is -2.34. The van der Waals surface area contributed by atoms with Crippen LogP contribution in [0.1, 0.15) is 25.3 Å². The summed E-state index contributed by atoms with van der Waals surface area (Å²) in [4.78, 5) is 15.4. The first-order valence-electron chi connectivity index (χ1n) is 6.98. The van der Waals surface area contributed by atoms with Crippen LogP contribution >= 0.6 is 12.6 Å². The number of hydrogen-bond donors (Lipinski definition) is 2. The predicted molar refractivity (Wildman–Crippen MR) is 80.7 cm³/mol. The maximum Gasteiger partial charge on any atom is 0.227 e. The lowest BCUT2D eigenvalue weighted by molar-refractivity contribution is -0.133. The molecule has 1 N–H and O–H groups in total. The summed E-state index contributed by atoms with van der Waals surface area (Å²) >= 11 is 4.26. The number of amides is 1. The maximum absolute atomic E-state index is 12.4. The standard InChI is InChI=1S/C15H22N2OS/c1-2-17(13-7-9-16-10-8-13)15(18)11-12-3-5-14(19)6-4-12/h3-6,13,16,19H,2,7-11H2,1H3. The number of thiol groups is 1. The van der Waals surface area contributed by atoms with E-state index in [4.69, 9.17) is 0 Å². The van der Waals surface area contributed by atoms with Crippen LogP contribution in [0.15, 0.2) is 29.2 Å². The van der Waals surface area contributed by atoms with Crippen molar-refractivity contribution in [3.8, 4) is 0 Å². The second kappa shape index (κ2) is 6.96. The fourth-order valence-corrected chi connectivity index (χ4v) is 2.80. The zero-order valence-electron chi connectivity index (χ0n) is 11.4. The molecule has 0 radical (unpaired) electrons. The molecular formula is C15H22N2OS. The summed E-state index contributed by atoms with van der Waals surface area (Å²) in [5.41, 5.74) is 1.06. The summed E-state index contributed by atoms with van der Waals surface area (Å²) < 4.78 is 0. The van der Waals surface area contributed by atoms with E-state index in [-0.39, 0.29) is 5.91 Å². The smallest absolute Gasteiger partial charge is 0.227 e. The van der Waals surface area contributed by atoms with Crippen molar-refractivity contribution in [2.24, 2.45) is 0 Å². The van der Waals surface area contributed by atoms with Crippen LogP contribution in [-0.2, 0) is 11.2 Å². The van der Waals surface area contributed by atoms with Crippen LogP contribution in [0.25, 0.3) is 0 Å². The molecule has 1 aliphatic rings. The van der Waals surface area contributed by atoms with Crippen molar-refractivity contribution in [1.82, 2.24) is 10.2 Å². The third-order valence-electron chi connectivity index (χ3n) is 3.70. The lowest BCUT2D eigenvalue weighted by atomic mass is 10.0. The van der Waals surface area contributed by atoms with Gasteiger partial charge in [0.25, 0.3) is 0 Å². The minimum absolute atomic E-state index is 0.237. The third kappa shape index (κ3) is 3.98. The number of likely N-dealkylation sites (N-methyl/N-ethyl adjacent to an activating group) is 1. The summed E-state index contributed by atoms with van der Waals surface area (Å²) in [7, 11) is 0. The topological polar surface area (TPSA) is 32.3 Å². The number of hydrogen-bond acceptors (Lipinski definition) is 3. The number of rotatable bonds is 4. The molecule has 1 heterocycles. The number of benzene rings is 1. The molecule has 0 spiro atoms. The quantitative estimate of drug-likeness (QED) is 0.827. The molecule has 2 rings (SSSR count). The van der Waals surface area contributed by atoms with Crippen LogP contribution < -0.4 is 5.32 Å². The molecule has 1 aromatic rings. The van der Waals surface area contributed by atoms with Gasteiger partial charge in [-0.2, -0.15) is 0 Å². The average Bonchev–Trinajstić information content (AvgIpc) is 2.43. The van der Waals surface area contributed by atoms with Gasteiger partial charge >= 0.3 is 0 Å². The van der Waals surface area contributed by atoms with Crippen molar-refractivity contribution in [1.29, 1.82) is 0 Å². The van der Waals surface area contributed by atoms with Gasteiger partial charge in [-0.3, -0.25) is 4.79 Å². The van der Waals surface area contributed by atoms with Crippen LogP contribution in [0, 0.1) is 0 Å². The Labute approximate surface area is 120 Å². The second-order valence-corrected chi connectivity index (χ2v) is 5.52. The molecule has 1 aromatic carbocycles. The van der Waals surface area contributed by atoms with E-state index in [0.29, 0.717) is 12.5 Å². The van der Waals surface area contributed by atoms with Gasteiger partial charge in [0.1, 0.15) is 0 Å². The summed E-state index contributed by atoms with van der Waals surface area (Å²) in [5.74, 6) is 0.237. The molecule has 4 heteroatoms. The van der Waals surface area contributed by atoms with Gasteiger partial charge in [-0.1, -0.05) is 12.1 Å². The van der Waals surface area contributed by atoms with Crippen LogP contribution in [0.5, 0.6) is 0 Å². The molecule has 104 valence electrons. The van der Waals surface area contributed by atoms with Gasteiger partial charge in [-0.05, 0) is 50.6 Å². The van der Waals surface area contributed by atoms with E-state index in [1.165, 1.54) is 0 Å². The van der Waals surface area contributed by atoms with Crippen molar-refractivity contribution in [3.05, 3.63) is 29.8 Å². The number of carbonyl (C=O) groups is 1. The van der Waals surface area contributed by atoms with Crippen LogP contribution in [0.2, 0.25) is 0 Å². The Hall–Kier alpha value is -1.00. The Balaban J connectivity index is 1.97. The van der Waals surface area contributed by atoms with Gasteiger partial charge in [-0.15, -0.1) is 12.6 Å². The van der Waals surface area contributed by atoms with Gasteiger partial charge in [0.2, 0.25) is 5.91 Å². The lowest BCUT2D eigenvalue weighted by Crippen LogP contribution is -2.46. The van der Waals surface area contributed by atoms with Crippen LogP contribution in [-0.4, -0.2) is 36.5 Å². The molecule has 1 fully saturated rings. The Kier molecular flexibility index (Phi) is 5.28. The highest BCUT2D eigenvalue weighted by Crippen LogP contribution is 2.15. The largest absolute Gasteiger partial charge is 0.340 e. The molecule has 0 unspecified atom stereocenters. The van der Waals surface area contributed by atoms with Crippen molar-refractivity contribution in [2.45, 2.75) is 37.1 Å². The van der Waals surface area contributed by atoms with Gasteiger partial charge in [-0.25, -0.2) is 0 Å². The van der Waals surface area contributed by atoms with E-state index in [0.717, 1.165) is 42.9 Å². The fraction of sp³-hybridized carbons (Fsp3) is 0.533. The predicted octanol–water partition coefficient (Wildman–Crippen LogP) is 2.12. The summed E-state index contributed by atoms with van der Waals surface area (Å²) in [6, 6.07) is 8.24. The summed E-state index contributed by atoms with van der Waals surface area (Å²) in [6.07, 6.45) is 2.62. The Bertz CT molecular complexity index is 413. The molecule has 1 amide bonds. The first kappa shape index (κ1) is 14.4. The highest BCUT2D eigenvalue weighted by Gasteiger charge is 2.23. The minimum Gasteiger partial charge on any atom is -0.340 e. The van der Waals surface area contributed by atoms with E-state index < -0.39 is 0 Å². The molecule has 0 atom stereocenters. The summed E-state index contributed by atoms with van der Waals surface area (Å²) in [5, 5.41) is 3.34. The zero-order chi connectivity index (χ0) is 13.7. The first-order chi connectivity index (χ1) is 9.20. The molecule has 0 aromatic heterocycles. The van der Waals surface area contributed by atoms with E-state index in [9.17, 15) is 4.79 Å². The average molecular weight is 278 g/mol. The SMILES string of the molecule is CCN(C(=O)Cc1ccc(S)cc1)C1CCNCC1. The zero-order valence-corrected chi connectivity index (χ0v) is 12.3. The van der Waals surface area contributed by atoms with E-state index in [2.05, 4.69) is 24.9 Å². The van der Waals surface area contributed by atoms with Crippen molar-refractivity contribution in [2.75, 3.05) is 19.6 Å². The number of piperidine rings is 1. The molecule has 3 nitrogen and oxygen atoms in total. The normalized spacial score (nSPS) is 16.3. The first-order valence-corrected chi connectivity index (χ1v) is 7.43. The van der Waals surface area contributed by atoms with E-state index in [1.807, 2.05) is 29.2 Å².